The number of fused-ring (bicyclic) bond motifs is 1. The number of furan rings is 1. The van der Waals surface area contributed by atoms with Crippen molar-refractivity contribution in [1.82, 2.24) is 0 Å². The monoisotopic (exact) mass is 496 g/mol. The Hall–Kier alpha value is -3.47. The van der Waals surface area contributed by atoms with E-state index in [2.05, 4.69) is 6.58 Å². The molecule has 3 aromatic rings. The molecule has 0 amide bonds. The van der Waals surface area contributed by atoms with Gasteiger partial charge in [0.2, 0.25) is 0 Å². The number of hydrogen-bond acceptors (Lipinski definition) is 9. The Morgan fingerprint density at radius 2 is 1.89 bits per heavy atom. The maximum absolute atomic E-state index is 13.3. The number of ether oxygens (including phenoxy) is 3. The van der Waals surface area contributed by atoms with Crippen molar-refractivity contribution in [3.05, 3.63) is 78.1 Å². The minimum absolute atomic E-state index is 0.129. The summed E-state index contributed by atoms with van der Waals surface area (Å²) in [6.45, 7) is 3.18. The molecule has 0 aliphatic carbocycles. The predicted octanol–water partition coefficient (Wildman–Crippen LogP) is 2.42. The molecular weight excluding hydrogens is 468 g/mol. The molecule has 4 N–H and O–H groups in total. The number of aliphatic hydroxyl groups excluding tert-OH is 4. The van der Waals surface area contributed by atoms with E-state index < -0.39 is 42.9 Å². The largest absolute Gasteiger partial charge is 0.496 e. The van der Waals surface area contributed by atoms with Gasteiger partial charge in [0, 0.05) is 17.0 Å². The molecule has 0 radical (unpaired) electrons. The highest BCUT2D eigenvalue weighted by Gasteiger charge is 2.45. The molecule has 1 aliphatic rings. The van der Waals surface area contributed by atoms with E-state index in [1.807, 2.05) is 24.3 Å². The maximum atomic E-state index is 13.3. The van der Waals surface area contributed by atoms with Gasteiger partial charge in [-0.1, -0.05) is 24.8 Å². The smallest absolute Gasteiger partial charge is 0.189 e. The zero-order valence-electron chi connectivity index (χ0n) is 19.6. The maximum Gasteiger partial charge on any atom is 0.189 e. The van der Waals surface area contributed by atoms with Crippen molar-refractivity contribution in [2.24, 2.45) is 0 Å². The number of carbonyl (C=O) groups excluding carboxylic acids is 1. The molecule has 9 nitrogen and oxygen atoms in total. The zero-order chi connectivity index (χ0) is 25.8. The van der Waals surface area contributed by atoms with Crippen LogP contribution in [0.15, 0.2) is 65.8 Å². The number of carbonyl (C=O) groups is 1. The van der Waals surface area contributed by atoms with Crippen molar-refractivity contribution in [2.75, 3.05) is 20.3 Å². The molecule has 0 saturated carbocycles. The number of methoxy groups -OCH3 is 1. The molecule has 2 heterocycles. The SMILES string of the molecule is C=CCOc1cc(OC)c([C@@H]2O[C@H](CO)[C@@H](O)[C@H](O)[C@H]2O)cc1C(=O)C=Cc1ccc2occc2c1. The molecule has 1 aliphatic heterocycles. The fraction of sp³-hybridized carbons (Fsp3) is 0.296. The summed E-state index contributed by atoms with van der Waals surface area (Å²) in [4.78, 5) is 13.3. The molecule has 9 heteroatoms. The van der Waals surface area contributed by atoms with E-state index in [9.17, 15) is 25.2 Å². The molecule has 2 aromatic carbocycles. The van der Waals surface area contributed by atoms with Crippen LogP contribution in [0.25, 0.3) is 17.0 Å². The molecule has 0 spiro atoms. The van der Waals surface area contributed by atoms with Crippen LogP contribution in [0, 0.1) is 0 Å². The van der Waals surface area contributed by atoms with Gasteiger partial charge in [0.25, 0.3) is 0 Å². The molecule has 1 saturated heterocycles. The summed E-state index contributed by atoms with van der Waals surface area (Å²) in [5, 5.41) is 41.5. The van der Waals surface area contributed by atoms with Gasteiger partial charge < -0.3 is 39.1 Å². The molecule has 36 heavy (non-hydrogen) atoms. The van der Waals surface area contributed by atoms with Crippen LogP contribution in [0.5, 0.6) is 11.5 Å². The Balaban J connectivity index is 1.72. The molecule has 4 rings (SSSR count). The van der Waals surface area contributed by atoms with E-state index in [1.165, 1.54) is 31.4 Å². The summed E-state index contributed by atoms with van der Waals surface area (Å²) in [6, 6.07) is 10.3. The summed E-state index contributed by atoms with van der Waals surface area (Å²) < 4.78 is 22.2. The molecule has 1 aromatic heterocycles. The van der Waals surface area contributed by atoms with Crippen LogP contribution < -0.4 is 9.47 Å². The van der Waals surface area contributed by atoms with Gasteiger partial charge in [0.15, 0.2) is 5.78 Å². The molecule has 0 bridgehead atoms. The lowest BCUT2D eigenvalue weighted by Crippen LogP contribution is -2.55. The lowest BCUT2D eigenvalue weighted by atomic mass is 9.89. The van der Waals surface area contributed by atoms with Gasteiger partial charge in [-0.05, 0) is 35.9 Å². The molecule has 5 atom stereocenters. The standard InChI is InChI=1S/C27H28O9/c1-3-9-34-22-13-21(33-2)18(27-26(32)25(31)24(30)23(14-28)36-27)12-17(22)19(29)6-4-15-5-7-20-16(11-15)8-10-35-20/h3-8,10-13,23-28,30-32H,1,9,14H2,2H3/t23-,24-,25+,26-,27+/m1/s1. The van der Waals surface area contributed by atoms with Crippen LogP contribution in [-0.2, 0) is 4.74 Å². The fourth-order valence-electron chi connectivity index (χ4n) is 4.15. The Labute approximate surface area is 207 Å². The van der Waals surface area contributed by atoms with Gasteiger partial charge in [-0.3, -0.25) is 4.79 Å². The first kappa shape index (κ1) is 25.6. The van der Waals surface area contributed by atoms with E-state index in [-0.39, 0.29) is 29.2 Å². The van der Waals surface area contributed by atoms with Crippen molar-refractivity contribution in [1.29, 1.82) is 0 Å². The van der Waals surface area contributed by atoms with Gasteiger partial charge >= 0.3 is 0 Å². The number of ketones is 1. The van der Waals surface area contributed by atoms with E-state index in [0.29, 0.717) is 0 Å². The number of aliphatic hydroxyl groups is 4. The van der Waals surface area contributed by atoms with Gasteiger partial charge in [-0.15, -0.1) is 0 Å². The van der Waals surface area contributed by atoms with Gasteiger partial charge in [0.05, 0.1) is 25.5 Å². The van der Waals surface area contributed by atoms with Crippen LogP contribution in [0.4, 0.5) is 0 Å². The minimum atomic E-state index is -1.58. The van der Waals surface area contributed by atoms with Crippen molar-refractivity contribution in [2.45, 2.75) is 30.5 Å². The second-order valence-electron chi connectivity index (χ2n) is 8.35. The minimum Gasteiger partial charge on any atom is -0.496 e. The molecule has 1 fully saturated rings. The lowest BCUT2D eigenvalue weighted by Gasteiger charge is -2.40. The normalized spacial score (nSPS) is 24.2. The van der Waals surface area contributed by atoms with Crippen LogP contribution in [0.2, 0.25) is 0 Å². The third kappa shape index (κ3) is 5.06. The van der Waals surface area contributed by atoms with Crippen LogP contribution in [0.1, 0.15) is 27.6 Å². The van der Waals surface area contributed by atoms with E-state index in [1.54, 1.807) is 12.3 Å². The third-order valence-electron chi connectivity index (χ3n) is 6.06. The number of allylic oxidation sites excluding steroid dienone is 1. The number of hydrogen-bond donors (Lipinski definition) is 4. The first-order chi connectivity index (χ1) is 17.4. The summed E-state index contributed by atoms with van der Waals surface area (Å²) >= 11 is 0. The van der Waals surface area contributed by atoms with E-state index in [0.717, 1.165) is 16.5 Å². The molecule has 190 valence electrons. The quantitative estimate of drug-likeness (QED) is 0.200. The topological polar surface area (TPSA) is 139 Å². The first-order valence-corrected chi connectivity index (χ1v) is 11.3. The second kappa shape index (κ2) is 11.1. The zero-order valence-corrected chi connectivity index (χ0v) is 19.6. The van der Waals surface area contributed by atoms with Crippen LogP contribution in [-0.4, -0.2) is 70.9 Å². The van der Waals surface area contributed by atoms with Gasteiger partial charge in [-0.2, -0.15) is 0 Å². The van der Waals surface area contributed by atoms with E-state index in [4.69, 9.17) is 18.6 Å². The van der Waals surface area contributed by atoms with Crippen LogP contribution >= 0.6 is 0 Å². The highest BCUT2D eigenvalue weighted by atomic mass is 16.5. The summed E-state index contributed by atoms with van der Waals surface area (Å²) in [5.74, 6) is 0.0548. The second-order valence-corrected chi connectivity index (χ2v) is 8.35. The summed E-state index contributed by atoms with van der Waals surface area (Å²) in [7, 11) is 1.40. The Morgan fingerprint density at radius 3 is 2.61 bits per heavy atom. The number of benzene rings is 2. The van der Waals surface area contributed by atoms with Gasteiger partial charge in [-0.25, -0.2) is 0 Å². The average molecular weight is 497 g/mol. The Bertz CT molecular complexity index is 1260. The third-order valence-corrected chi connectivity index (χ3v) is 6.06. The van der Waals surface area contributed by atoms with Gasteiger partial charge in [0.1, 0.15) is 54.2 Å². The van der Waals surface area contributed by atoms with Crippen molar-refractivity contribution >= 4 is 22.8 Å². The molecule has 0 unspecified atom stereocenters. The first-order valence-electron chi connectivity index (χ1n) is 11.3. The highest BCUT2D eigenvalue weighted by molar-refractivity contribution is 6.09. The lowest BCUT2D eigenvalue weighted by molar-refractivity contribution is -0.232. The fourth-order valence-corrected chi connectivity index (χ4v) is 4.15. The summed E-state index contributed by atoms with van der Waals surface area (Å²) in [6.07, 6.45) is -0.790. The predicted molar refractivity (Wildman–Crippen MR) is 131 cm³/mol. The Kier molecular flexibility index (Phi) is 7.88. The Morgan fingerprint density at radius 1 is 1.08 bits per heavy atom. The highest BCUT2D eigenvalue weighted by Crippen LogP contribution is 2.40. The van der Waals surface area contributed by atoms with E-state index >= 15 is 0 Å². The van der Waals surface area contributed by atoms with Crippen LogP contribution in [0.3, 0.4) is 0 Å². The van der Waals surface area contributed by atoms with Crippen molar-refractivity contribution in [3.63, 3.8) is 0 Å². The molecular formula is C27H28O9. The van der Waals surface area contributed by atoms with Crippen molar-refractivity contribution in [3.8, 4) is 11.5 Å². The number of rotatable bonds is 9. The average Bonchev–Trinajstić information content (AvgIpc) is 3.37. The van der Waals surface area contributed by atoms with Crippen molar-refractivity contribution < 1.29 is 43.8 Å². The summed E-state index contributed by atoms with van der Waals surface area (Å²) in [5.41, 5.74) is 1.92.